The first-order valence-corrected chi connectivity index (χ1v) is 6.38. The summed E-state index contributed by atoms with van der Waals surface area (Å²) in [6.07, 6.45) is 4.87. The number of hydrogen-bond donors (Lipinski definition) is 1. The van der Waals surface area contributed by atoms with Gasteiger partial charge in [0.05, 0.1) is 5.56 Å². The van der Waals surface area contributed by atoms with Crippen LogP contribution in [0.15, 0.2) is 47.7 Å². The van der Waals surface area contributed by atoms with Gasteiger partial charge in [-0.15, -0.1) is 0 Å². The van der Waals surface area contributed by atoms with E-state index in [0.29, 0.717) is 22.1 Å². The van der Waals surface area contributed by atoms with E-state index in [1.807, 2.05) is 19.1 Å². The number of aromatic nitrogens is 4. The molecule has 1 N–H and O–H groups in total. The Morgan fingerprint density at radius 2 is 2.10 bits per heavy atom. The molecule has 100 valence electrons. The van der Waals surface area contributed by atoms with Crippen LogP contribution in [-0.4, -0.2) is 19.7 Å². The van der Waals surface area contributed by atoms with Gasteiger partial charge in [-0.05, 0) is 36.8 Å². The second-order valence-electron chi connectivity index (χ2n) is 4.39. The summed E-state index contributed by atoms with van der Waals surface area (Å²) in [6.45, 7) is 1.95. The van der Waals surface area contributed by atoms with Crippen LogP contribution in [0.3, 0.4) is 0 Å². The molecule has 0 radical (unpaired) electrons. The van der Waals surface area contributed by atoms with Crippen molar-refractivity contribution < 1.29 is 0 Å². The number of hydrogen-bond acceptors (Lipinski definition) is 3. The topological polar surface area (TPSA) is 63.6 Å². The third-order valence-electron chi connectivity index (χ3n) is 2.94. The average molecular weight is 287 g/mol. The summed E-state index contributed by atoms with van der Waals surface area (Å²) in [5.74, 6) is 0.558. The molecular formula is C14H11ClN4O. The Morgan fingerprint density at radius 3 is 2.80 bits per heavy atom. The number of halogens is 1. The van der Waals surface area contributed by atoms with E-state index in [2.05, 4.69) is 15.1 Å². The van der Waals surface area contributed by atoms with Crippen LogP contribution in [-0.2, 0) is 0 Å². The maximum Gasteiger partial charge on any atom is 0.280 e. The predicted octanol–water partition coefficient (Wildman–Crippen LogP) is 2.58. The van der Waals surface area contributed by atoms with Crippen LogP contribution in [0.25, 0.3) is 16.9 Å². The minimum absolute atomic E-state index is 0.174. The fraction of sp³-hybridized carbons (Fsp3) is 0.0714. The molecule has 0 aromatic carbocycles. The lowest BCUT2D eigenvalue weighted by Crippen LogP contribution is -2.17. The standard InChI is InChI=1S/C14H11ClN4O/c1-9-4-5-16-13(6-9)19-14(20)11(8-18-19)10-2-3-12(15)17-7-10/h2-8,18H,1H3. The SMILES string of the molecule is Cc1ccnc(-n2[nH]cc(-c3ccc(Cl)nc3)c2=O)c1. The van der Waals surface area contributed by atoms with Gasteiger partial charge in [-0.2, -0.15) is 0 Å². The Labute approximate surface area is 119 Å². The maximum atomic E-state index is 12.4. The van der Waals surface area contributed by atoms with Crippen molar-refractivity contribution in [2.24, 2.45) is 0 Å². The summed E-state index contributed by atoms with van der Waals surface area (Å²) in [5.41, 5.74) is 2.10. The van der Waals surface area contributed by atoms with Gasteiger partial charge in [0.15, 0.2) is 5.82 Å². The molecule has 0 aliphatic rings. The van der Waals surface area contributed by atoms with Crippen molar-refractivity contribution in [2.45, 2.75) is 6.92 Å². The highest BCUT2D eigenvalue weighted by Crippen LogP contribution is 2.16. The van der Waals surface area contributed by atoms with Crippen LogP contribution in [0.4, 0.5) is 0 Å². The molecule has 6 heteroatoms. The smallest absolute Gasteiger partial charge is 0.280 e. The molecule has 0 bridgehead atoms. The molecule has 20 heavy (non-hydrogen) atoms. The molecule has 5 nitrogen and oxygen atoms in total. The van der Waals surface area contributed by atoms with E-state index in [4.69, 9.17) is 11.6 Å². The van der Waals surface area contributed by atoms with Gasteiger partial charge in [0.2, 0.25) is 0 Å². The van der Waals surface area contributed by atoms with Gasteiger partial charge in [-0.25, -0.2) is 14.6 Å². The molecule has 0 aliphatic carbocycles. The van der Waals surface area contributed by atoms with E-state index in [1.165, 1.54) is 4.68 Å². The zero-order chi connectivity index (χ0) is 14.1. The Balaban J connectivity index is 2.09. The van der Waals surface area contributed by atoms with Crippen molar-refractivity contribution in [3.8, 4) is 16.9 Å². The summed E-state index contributed by atoms with van der Waals surface area (Å²) in [5, 5.41) is 3.31. The zero-order valence-electron chi connectivity index (χ0n) is 10.7. The highest BCUT2D eigenvalue weighted by atomic mass is 35.5. The van der Waals surface area contributed by atoms with E-state index in [1.54, 1.807) is 30.7 Å². The highest BCUT2D eigenvalue weighted by Gasteiger charge is 2.11. The number of nitrogens with zero attached hydrogens (tertiary/aromatic N) is 3. The molecule has 0 saturated carbocycles. The molecule has 0 unspecified atom stereocenters. The minimum Gasteiger partial charge on any atom is -0.296 e. The van der Waals surface area contributed by atoms with E-state index < -0.39 is 0 Å². The van der Waals surface area contributed by atoms with Crippen LogP contribution < -0.4 is 5.56 Å². The van der Waals surface area contributed by atoms with Crippen molar-refractivity contribution in [1.82, 2.24) is 19.7 Å². The molecule has 3 rings (SSSR count). The summed E-state index contributed by atoms with van der Waals surface area (Å²) in [7, 11) is 0. The second kappa shape index (κ2) is 4.94. The summed E-state index contributed by atoms with van der Waals surface area (Å²) >= 11 is 5.75. The van der Waals surface area contributed by atoms with Crippen LogP contribution in [0.5, 0.6) is 0 Å². The zero-order valence-corrected chi connectivity index (χ0v) is 11.4. The lowest BCUT2D eigenvalue weighted by Gasteiger charge is -2.00. The van der Waals surface area contributed by atoms with Gasteiger partial charge in [-0.1, -0.05) is 11.6 Å². The molecule has 0 aliphatic heterocycles. The fourth-order valence-corrected chi connectivity index (χ4v) is 2.04. The Hall–Kier alpha value is -2.40. The average Bonchev–Trinajstić information content (AvgIpc) is 2.82. The Kier molecular flexibility index (Phi) is 3.12. The number of nitrogens with one attached hydrogen (secondary N) is 1. The fourth-order valence-electron chi connectivity index (χ4n) is 1.92. The minimum atomic E-state index is -0.174. The maximum absolute atomic E-state index is 12.4. The van der Waals surface area contributed by atoms with Crippen LogP contribution in [0, 0.1) is 6.92 Å². The van der Waals surface area contributed by atoms with Crippen LogP contribution in [0.1, 0.15) is 5.56 Å². The summed E-state index contributed by atoms with van der Waals surface area (Å²) in [6, 6.07) is 7.12. The van der Waals surface area contributed by atoms with Crippen LogP contribution in [0.2, 0.25) is 5.15 Å². The summed E-state index contributed by atoms with van der Waals surface area (Å²) in [4.78, 5) is 20.6. The monoisotopic (exact) mass is 286 g/mol. The second-order valence-corrected chi connectivity index (χ2v) is 4.78. The normalized spacial score (nSPS) is 10.7. The van der Waals surface area contributed by atoms with Crippen molar-refractivity contribution in [2.75, 3.05) is 0 Å². The van der Waals surface area contributed by atoms with Gasteiger partial charge < -0.3 is 0 Å². The first kappa shape index (κ1) is 12.6. The van der Waals surface area contributed by atoms with Gasteiger partial charge >= 0.3 is 0 Å². The lowest BCUT2D eigenvalue weighted by molar-refractivity contribution is 0.817. The van der Waals surface area contributed by atoms with E-state index in [-0.39, 0.29) is 5.56 Å². The van der Waals surface area contributed by atoms with Gasteiger partial charge in [0.1, 0.15) is 5.15 Å². The molecule has 3 aromatic rings. The number of rotatable bonds is 2. The predicted molar refractivity (Wildman–Crippen MR) is 77.2 cm³/mol. The first-order valence-electron chi connectivity index (χ1n) is 6.00. The van der Waals surface area contributed by atoms with E-state index in [0.717, 1.165) is 5.56 Å². The largest absolute Gasteiger partial charge is 0.296 e. The van der Waals surface area contributed by atoms with Gasteiger partial charge in [0.25, 0.3) is 5.56 Å². The van der Waals surface area contributed by atoms with Crippen LogP contribution >= 0.6 is 11.6 Å². The molecule has 0 atom stereocenters. The van der Waals surface area contributed by atoms with Crippen molar-refractivity contribution in [1.29, 1.82) is 0 Å². The Bertz CT molecular complexity index is 805. The highest BCUT2D eigenvalue weighted by molar-refractivity contribution is 6.29. The summed E-state index contributed by atoms with van der Waals surface area (Å²) < 4.78 is 1.40. The van der Waals surface area contributed by atoms with Crippen molar-refractivity contribution in [3.05, 3.63) is 63.9 Å². The van der Waals surface area contributed by atoms with Crippen molar-refractivity contribution >= 4 is 11.6 Å². The van der Waals surface area contributed by atoms with Gasteiger partial charge in [-0.3, -0.25) is 9.89 Å². The van der Waals surface area contributed by atoms with E-state index >= 15 is 0 Å². The number of pyridine rings is 2. The Morgan fingerprint density at radius 1 is 1.25 bits per heavy atom. The molecular weight excluding hydrogens is 276 g/mol. The third-order valence-corrected chi connectivity index (χ3v) is 3.16. The molecule has 0 amide bonds. The molecule has 0 saturated heterocycles. The molecule has 0 spiro atoms. The molecule has 3 aromatic heterocycles. The number of H-pyrrole nitrogens is 1. The first-order chi connectivity index (χ1) is 9.65. The quantitative estimate of drug-likeness (QED) is 0.737. The third kappa shape index (κ3) is 2.23. The number of aromatic amines is 1. The van der Waals surface area contributed by atoms with E-state index in [9.17, 15) is 4.79 Å². The number of aryl methyl sites for hydroxylation is 1. The molecule has 3 heterocycles. The van der Waals surface area contributed by atoms with Crippen molar-refractivity contribution in [3.63, 3.8) is 0 Å². The lowest BCUT2D eigenvalue weighted by atomic mass is 10.2. The molecule has 0 fully saturated rings. The van der Waals surface area contributed by atoms with Gasteiger partial charge in [0, 0.05) is 24.2 Å².